The topological polar surface area (TPSA) is 86.0 Å². The minimum Gasteiger partial charge on any atom is -0.312 e. The van der Waals surface area contributed by atoms with Crippen LogP contribution < -0.4 is 16.1 Å². The fourth-order valence-electron chi connectivity index (χ4n) is 2.41. The molecule has 0 saturated heterocycles. The van der Waals surface area contributed by atoms with Crippen LogP contribution in [0.1, 0.15) is 5.56 Å². The number of aromatic nitrogens is 2. The monoisotopic (exact) mass is 295 g/mol. The van der Waals surface area contributed by atoms with Crippen LogP contribution in [0.25, 0.3) is 10.8 Å². The van der Waals surface area contributed by atoms with Crippen LogP contribution in [-0.4, -0.2) is 16.4 Å². The normalized spacial score (nSPS) is 10.5. The van der Waals surface area contributed by atoms with Crippen molar-refractivity contribution in [2.24, 2.45) is 0 Å². The molecule has 3 aromatic rings. The van der Waals surface area contributed by atoms with Gasteiger partial charge in [0.05, 0.1) is 6.54 Å². The third-order valence-corrected chi connectivity index (χ3v) is 3.46. The van der Waals surface area contributed by atoms with Gasteiger partial charge in [0.25, 0.3) is 5.56 Å². The summed E-state index contributed by atoms with van der Waals surface area (Å²) in [5.74, 6) is 0. The van der Waals surface area contributed by atoms with E-state index < -0.39 is 11.2 Å². The van der Waals surface area contributed by atoms with Gasteiger partial charge in [0.2, 0.25) is 6.41 Å². The van der Waals surface area contributed by atoms with E-state index >= 15 is 0 Å². The molecule has 1 amide bonds. The summed E-state index contributed by atoms with van der Waals surface area (Å²) < 4.78 is 0. The van der Waals surface area contributed by atoms with E-state index in [0.717, 1.165) is 16.3 Å². The molecule has 1 heterocycles. The van der Waals surface area contributed by atoms with E-state index in [1.807, 2.05) is 42.5 Å². The van der Waals surface area contributed by atoms with Gasteiger partial charge in [-0.15, -0.1) is 0 Å². The van der Waals surface area contributed by atoms with Crippen LogP contribution in [0, 0.1) is 0 Å². The molecule has 0 radical (unpaired) electrons. The van der Waals surface area contributed by atoms with E-state index in [1.54, 1.807) is 0 Å². The Morgan fingerprint density at radius 3 is 2.59 bits per heavy atom. The summed E-state index contributed by atoms with van der Waals surface area (Å²) in [7, 11) is 0. The van der Waals surface area contributed by atoms with Crippen molar-refractivity contribution in [2.75, 3.05) is 4.90 Å². The number of carbonyl (C=O) groups is 1. The Balaban J connectivity index is 2.03. The van der Waals surface area contributed by atoms with Crippen LogP contribution in [0.15, 0.2) is 58.3 Å². The fraction of sp³-hybridized carbons (Fsp3) is 0.0625. The molecule has 0 aliphatic heterocycles. The van der Waals surface area contributed by atoms with Gasteiger partial charge in [-0.3, -0.25) is 14.6 Å². The summed E-state index contributed by atoms with van der Waals surface area (Å²) in [6.45, 7) is 0.236. The lowest BCUT2D eigenvalue weighted by atomic mass is 10.0. The molecule has 0 saturated carbocycles. The molecule has 2 aromatic carbocycles. The highest BCUT2D eigenvalue weighted by Crippen LogP contribution is 2.20. The number of hydrogen-bond acceptors (Lipinski definition) is 3. The summed E-state index contributed by atoms with van der Waals surface area (Å²) in [4.78, 5) is 40.0. The molecule has 2 N–H and O–H groups in total. The SMILES string of the molecule is O=CN(Cc1cccc2ccccc12)c1c[nH]c(=O)[nH]c1=O. The standard InChI is InChI=1S/C16H13N3O3/c20-10-19(14-8-17-16(22)18-15(14)21)9-12-6-3-5-11-4-1-2-7-13(11)12/h1-8,10H,9H2,(H2,17,18,21,22). The number of fused-ring (bicyclic) bond motifs is 1. The molecule has 0 atom stereocenters. The molecule has 1 aromatic heterocycles. The number of rotatable bonds is 4. The third kappa shape index (κ3) is 2.54. The first-order valence-corrected chi connectivity index (χ1v) is 6.69. The second-order valence-electron chi connectivity index (χ2n) is 4.83. The zero-order chi connectivity index (χ0) is 15.5. The largest absolute Gasteiger partial charge is 0.325 e. The van der Waals surface area contributed by atoms with Gasteiger partial charge in [-0.2, -0.15) is 0 Å². The van der Waals surface area contributed by atoms with Gasteiger partial charge in [-0.25, -0.2) is 4.79 Å². The average molecular weight is 295 g/mol. The summed E-state index contributed by atoms with van der Waals surface area (Å²) in [6.07, 6.45) is 1.81. The molecule has 22 heavy (non-hydrogen) atoms. The molecular formula is C16H13N3O3. The van der Waals surface area contributed by atoms with Gasteiger partial charge in [0, 0.05) is 6.20 Å². The number of nitrogens with zero attached hydrogens (tertiary/aromatic N) is 1. The molecule has 0 aliphatic rings. The van der Waals surface area contributed by atoms with Crippen molar-refractivity contribution < 1.29 is 4.79 Å². The van der Waals surface area contributed by atoms with Crippen molar-refractivity contribution in [2.45, 2.75) is 6.54 Å². The van der Waals surface area contributed by atoms with Crippen LogP contribution in [0.3, 0.4) is 0 Å². The summed E-state index contributed by atoms with van der Waals surface area (Å²) in [5, 5.41) is 2.07. The zero-order valence-corrected chi connectivity index (χ0v) is 11.6. The predicted octanol–water partition coefficient (Wildman–Crippen LogP) is 1.38. The number of nitrogens with one attached hydrogen (secondary N) is 2. The molecule has 110 valence electrons. The molecule has 0 bridgehead atoms. The molecule has 3 rings (SSSR count). The Bertz CT molecular complexity index is 938. The molecule has 6 heteroatoms. The van der Waals surface area contributed by atoms with E-state index in [2.05, 4.69) is 9.97 Å². The van der Waals surface area contributed by atoms with Gasteiger partial charge >= 0.3 is 5.69 Å². The van der Waals surface area contributed by atoms with Crippen LogP contribution in [0.5, 0.6) is 0 Å². The summed E-state index contributed by atoms with van der Waals surface area (Å²) >= 11 is 0. The second kappa shape index (κ2) is 5.69. The van der Waals surface area contributed by atoms with Gasteiger partial charge in [-0.1, -0.05) is 42.5 Å². The maximum absolute atomic E-state index is 11.8. The molecule has 0 spiro atoms. The molecule has 0 aliphatic carbocycles. The van der Waals surface area contributed by atoms with E-state index in [9.17, 15) is 14.4 Å². The van der Waals surface area contributed by atoms with Crippen molar-refractivity contribution in [1.82, 2.24) is 9.97 Å². The minimum absolute atomic E-state index is 0.0996. The van der Waals surface area contributed by atoms with Crippen molar-refractivity contribution in [3.05, 3.63) is 75.1 Å². The number of anilines is 1. The van der Waals surface area contributed by atoms with E-state index in [4.69, 9.17) is 0 Å². The maximum Gasteiger partial charge on any atom is 0.325 e. The van der Waals surface area contributed by atoms with Crippen molar-refractivity contribution in [1.29, 1.82) is 0 Å². The number of benzene rings is 2. The van der Waals surface area contributed by atoms with Gasteiger partial charge in [0.15, 0.2) is 0 Å². The first-order valence-electron chi connectivity index (χ1n) is 6.69. The smallest absolute Gasteiger partial charge is 0.312 e. The predicted molar refractivity (Wildman–Crippen MR) is 83.9 cm³/mol. The molecular weight excluding hydrogens is 282 g/mol. The number of carbonyl (C=O) groups excluding carboxylic acids is 1. The summed E-state index contributed by atoms with van der Waals surface area (Å²) in [5.41, 5.74) is -0.195. The number of H-pyrrole nitrogens is 2. The Morgan fingerprint density at radius 1 is 1.05 bits per heavy atom. The van der Waals surface area contributed by atoms with Crippen LogP contribution in [0.2, 0.25) is 0 Å². The van der Waals surface area contributed by atoms with Crippen LogP contribution >= 0.6 is 0 Å². The first kappa shape index (κ1) is 13.8. The van der Waals surface area contributed by atoms with E-state index in [-0.39, 0.29) is 12.2 Å². The lowest BCUT2D eigenvalue weighted by Crippen LogP contribution is -2.31. The quantitative estimate of drug-likeness (QED) is 0.713. The maximum atomic E-state index is 11.8. The molecule has 6 nitrogen and oxygen atoms in total. The first-order chi connectivity index (χ1) is 10.7. The number of hydrogen-bond donors (Lipinski definition) is 2. The number of amides is 1. The Kier molecular flexibility index (Phi) is 3.57. The Morgan fingerprint density at radius 2 is 1.82 bits per heavy atom. The highest BCUT2D eigenvalue weighted by Gasteiger charge is 2.12. The minimum atomic E-state index is -0.607. The molecule has 0 fully saturated rings. The van der Waals surface area contributed by atoms with E-state index in [1.165, 1.54) is 11.1 Å². The highest BCUT2D eigenvalue weighted by atomic mass is 16.2. The Labute approximate surface area is 125 Å². The van der Waals surface area contributed by atoms with Crippen molar-refractivity contribution >= 4 is 22.9 Å². The molecule has 0 unspecified atom stereocenters. The Hall–Kier alpha value is -3.15. The van der Waals surface area contributed by atoms with Gasteiger partial charge in [-0.05, 0) is 16.3 Å². The van der Waals surface area contributed by atoms with Crippen molar-refractivity contribution in [3.8, 4) is 0 Å². The van der Waals surface area contributed by atoms with Gasteiger partial charge < -0.3 is 9.88 Å². The average Bonchev–Trinajstić information content (AvgIpc) is 2.53. The highest BCUT2D eigenvalue weighted by molar-refractivity contribution is 5.86. The van der Waals surface area contributed by atoms with Crippen molar-refractivity contribution in [3.63, 3.8) is 0 Å². The van der Waals surface area contributed by atoms with E-state index in [0.29, 0.717) is 6.41 Å². The second-order valence-corrected chi connectivity index (χ2v) is 4.83. The van der Waals surface area contributed by atoms with Crippen LogP contribution in [0.4, 0.5) is 5.69 Å². The van der Waals surface area contributed by atoms with Crippen LogP contribution in [-0.2, 0) is 11.3 Å². The lowest BCUT2D eigenvalue weighted by Gasteiger charge is -2.17. The lowest BCUT2D eigenvalue weighted by molar-refractivity contribution is -0.107. The summed E-state index contributed by atoms with van der Waals surface area (Å²) in [6, 6.07) is 13.6. The third-order valence-electron chi connectivity index (χ3n) is 3.46. The number of aromatic amines is 2. The zero-order valence-electron chi connectivity index (χ0n) is 11.6. The fourth-order valence-corrected chi connectivity index (χ4v) is 2.41. The van der Waals surface area contributed by atoms with Gasteiger partial charge in [0.1, 0.15) is 5.69 Å².